The second kappa shape index (κ2) is 9.61. The molecule has 1 unspecified atom stereocenters. The predicted molar refractivity (Wildman–Crippen MR) is 109 cm³/mol. The molecule has 152 valence electrons. The van der Waals surface area contributed by atoms with Crippen molar-refractivity contribution in [2.75, 3.05) is 33.4 Å². The van der Waals surface area contributed by atoms with Crippen molar-refractivity contribution in [2.24, 2.45) is 0 Å². The average molecular weight is 387 g/mol. The molecule has 1 heterocycles. The second-order valence-corrected chi connectivity index (χ2v) is 7.37. The average Bonchev–Trinajstić information content (AvgIpc) is 2.72. The monoisotopic (exact) mass is 387 g/mol. The van der Waals surface area contributed by atoms with Gasteiger partial charge in [0.15, 0.2) is 0 Å². The molecule has 1 fully saturated rings. The maximum absolute atomic E-state index is 15.1. The van der Waals surface area contributed by atoms with Gasteiger partial charge in [-0.1, -0.05) is 42.0 Å². The van der Waals surface area contributed by atoms with Crippen LogP contribution in [0.3, 0.4) is 0 Å². The number of aliphatic hydroxyl groups is 1. The van der Waals surface area contributed by atoms with E-state index in [2.05, 4.69) is 5.32 Å². The zero-order valence-corrected chi connectivity index (χ0v) is 16.7. The van der Waals surface area contributed by atoms with E-state index in [4.69, 9.17) is 9.47 Å². The molecule has 4 nitrogen and oxygen atoms in total. The molecule has 2 atom stereocenters. The van der Waals surface area contributed by atoms with Gasteiger partial charge in [-0.25, -0.2) is 4.39 Å². The van der Waals surface area contributed by atoms with Crippen LogP contribution in [0.1, 0.15) is 30.4 Å². The molecule has 1 aliphatic rings. The van der Waals surface area contributed by atoms with Crippen LogP contribution in [0.25, 0.3) is 11.1 Å². The van der Waals surface area contributed by atoms with Crippen LogP contribution in [-0.4, -0.2) is 44.6 Å². The highest BCUT2D eigenvalue weighted by Crippen LogP contribution is 2.42. The van der Waals surface area contributed by atoms with Crippen molar-refractivity contribution in [2.45, 2.75) is 37.9 Å². The van der Waals surface area contributed by atoms with Gasteiger partial charge in [0.2, 0.25) is 0 Å². The van der Waals surface area contributed by atoms with Crippen molar-refractivity contribution in [3.8, 4) is 11.1 Å². The number of methoxy groups -OCH3 is 1. The number of benzene rings is 2. The van der Waals surface area contributed by atoms with Gasteiger partial charge in [-0.15, -0.1) is 0 Å². The summed E-state index contributed by atoms with van der Waals surface area (Å²) in [5.74, 6) is -0.268. The topological polar surface area (TPSA) is 50.7 Å². The van der Waals surface area contributed by atoms with Crippen molar-refractivity contribution >= 4 is 0 Å². The Balaban J connectivity index is 2.15. The second-order valence-electron chi connectivity index (χ2n) is 7.37. The van der Waals surface area contributed by atoms with E-state index in [1.165, 1.54) is 6.07 Å². The first-order valence-corrected chi connectivity index (χ1v) is 9.96. The summed E-state index contributed by atoms with van der Waals surface area (Å²) < 4.78 is 27.4. The number of hydrogen-bond acceptors (Lipinski definition) is 4. The van der Waals surface area contributed by atoms with Crippen LogP contribution in [0, 0.1) is 12.7 Å². The molecule has 0 saturated carbocycles. The minimum absolute atomic E-state index is 0.122. The van der Waals surface area contributed by atoms with Gasteiger partial charge in [-0.2, -0.15) is 0 Å². The van der Waals surface area contributed by atoms with Gasteiger partial charge in [0.05, 0.1) is 6.61 Å². The quantitative estimate of drug-likeness (QED) is 0.677. The third kappa shape index (κ3) is 4.28. The van der Waals surface area contributed by atoms with Crippen molar-refractivity contribution in [1.29, 1.82) is 0 Å². The van der Waals surface area contributed by atoms with Crippen LogP contribution < -0.4 is 5.32 Å². The summed E-state index contributed by atoms with van der Waals surface area (Å²) in [6, 6.07) is 13.1. The maximum Gasteiger partial charge on any atom is 0.131 e. The van der Waals surface area contributed by atoms with E-state index in [0.29, 0.717) is 31.6 Å². The minimum Gasteiger partial charge on any atom is -0.396 e. The molecule has 0 aromatic heterocycles. The van der Waals surface area contributed by atoms with Gasteiger partial charge in [0.1, 0.15) is 17.5 Å². The molecule has 1 saturated heterocycles. The Morgan fingerprint density at radius 3 is 2.75 bits per heavy atom. The molecule has 1 aliphatic heterocycles. The Morgan fingerprint density at radius 2 is 2.07 bits per heavy atom. The SMILES string of the molecule is COC(CCCCO)(c1cccc(F)c1-c1cccc(C)c1)[C@H]1CNCCO1. The molecule has 0 aliphatic carbocycles. The molecule has 2 aromatic carbocycles. The Morgan fingerprint density at radius 1 is 1.25 bits per heavy atom. The van der Waals surface area contributed by atoms with E-state index in [0.717, 1.165) is 29.7 Å². The number of morpholine rings is 1. The molecular weight excluding hydrogens is 357 g/mol. The maximum atomic E-state index is 15.1. The lowest BCUT2D eigenvalue weighted by Gasteiger charge is -2.43. The van der Waals surface area contributed by atoms with Crippen molar-refractivity contribution in [3.05, 3.63) is 59.4 Å². The third-order valence-corrected chi connectivity index (χ3v) is 5.54. The summed E-state index contributed by atoms with van der Waals surface area (Å²) >= 11 is 0. The summed E-state index contributed by atoms with van der Waals surface area (Å²) in [6.45, 7) is 4.14. The molecule has 28 heavy (non-hydrogen) atoms. The summed E-state index contributed by atoms with van der Waals surface area (Å²) in [5, 5.41) is 12.6. The lowest BCUT2D eigenvalue weighted by Crippen LogP contribution is -2.52. The van der Waals surface area contributed by atoms with E-state index >= 15 is 4.39 Å². The summed E-state index contributed by atoms with van der Waals surface area (Å²) in [6.07, 6.45) is 1.82. The summed E-state index contributed by atoms with van der Waals surface area (Å²) in [7, 11) is 1.67. The summed E-state index contributed by atoms with van der Waals surface area (Å²) in [4.78, 5) is 0. The fourth-order valence-corrected chi connectivity index (χ4v) is 4.15. The van der Waals surface area contributed by atoms with E-state index in [-0.39, 0.29) is 18.5 Å². The highest BCUT2D eigenvalue weighted by molar-refractivity contribution is 5.70. The van der Waals surface area contributed by atoms with Crippen LogP contribution in [0.4, 0.5) is 4.39 Å². The first-order valence-electron chi connectivity index (χ1n) is 9.96. The van der Waals surface area contributed by atoms with Crippen molar-refractivity contribution < 1.29 is 19.0 Å². The fraction of sp³-hybridized carbons (Fsp3) is 0.478. The Hall–Kier alpha value is -1.79. The largest absolute Gasteiger partial charge is 0.396 e. The number of nitrogens with one attached hydrogen (secondary N) is 1. The third-order valence-electron chi connectivity index (χ3n) is 5.54. The van der Waals surface area contributed by atoms with E-state index in [1.807, 2.05) is 37.3 Å². The highest BCUT2D eigenvalue weighted by atomic mass is 19.1. The normalized spacial score (nSPS) is 19.4. The first kappa shape index (κ1) is 20.9. The lowest BCUT2D eigenvalue weighted by molar-refractivity contribution is -0.149. The number of rotatable bonds is 8. The Labute approximate surface area is 166 Å². The van der Waals surface area contributed by atoms with E-state index < -0.39 is 5.60 Å². The molecule has 0 bridgehead atoms. The molecule has 0 radical (unpaired) electrons. The van der Waals surface area contributed by atoms with Gasteiger partial charge in [0.25, 0.3) is 0 Å². The minimum atomic E-state index is -0.802. The van der Waals surface area contributed by atoms with E-state index in [1.54, 1.807) is 13.2 Å². The van der Waals surface area contributed by atoms with E-state index in [9.17, 15) is 5.11 Å². The zero-order chi connectivity index (χ0) is 20.0. The number of aryl methyl sites for hydroxylation is 1. The molecule has 0 amide bonds. The molecule has 0 spiro atoms. The van der Waals surface area contributed by atoms with Crippen LogP contribution in [0.5, 0.6) is 0 Å². The standard InChI is InChI=1S/C23H30FNO3/c1-17-7-5-8-18(15-17)22-19(9-6-10-20(22)24)23(27-2,11-3-4-13-26)21-16-25-12-14-28-21/h5-10,15,21,25-26H,3-4,11-14,16H2,1-2H3/t21-,23?/m1/s1. The number of ether oxygens (including phenoxy) is 2. The number of hydrogen-bond donors (Lipinski definition) is 2. The van der Waals surface area contributed by atoms with Crippen LogP contribution in [0.15, 0.2) is 42.5 Å². The van der Waals surface area contributed by atoms with Crippen molar-refractivity contribution in [3.63, 3.8) is 0 Å². The van der Waals surface area contributed by atoms with Crippen LogP contribution in [-0.2, 0) is 15.1 Å². The lowest BCUT2D eigenvalue weighted by atomic mass is 9.78. The van der Waals surface area contributed by atoms with Gasteiger partial charge < -0.3 is 19.9 Å². The smallest absolute Gasteiger partial charge is 0.131 e. The summed E-state index contributed by atoms with van der Waals surface area (Å²) in [5.41, 5.74) is 2.47. The van der Waals surface area contributed by atoms with Crippen LogP contribution in [0.2, 0.25) is 0 Å². The Kier molecular flexibility index (Phi) is 7.18. The molecule has 5 heteroatoms. The molecule has 2 aromatic rings. The molecule has 2 N–H and O–H groups in total. The number of aliphatic hydroxyl groups excluding tert-OH is 1. The fourth-order valence-electron chi connectivity index (χ4n) is 4.15. The van der Waals surface area contributed by atoms with Crippen molar-refractivity contribution in [1.82, 2.24) is 5.32 Å². The highest BCUT2D eigenvalue weighted by Gasteiger charge is 2.44. The number of unbranched alkanes of at least 4 members (excludes halogenated alkanes) is 1. The van der Waals surface area contributed by atoms with Gasteiger partial charge in [-0.3, -0.25) is 0 Å². The number of halogens is 1. The molecule has 3 rings (SSSR count). The molecular formula is C23H30FNO3. The first-order chi connectivity index (χ1) is 13.6. The van der Waals surface area contributed by atoms with Gasteiger partial charge in [0, 0.05) is 32.4 Å². The van der Waals surface area contributed by atoms with Crippen LogP contribution >= 0.6 is 0 Å². The zero-order valence-electron chi connectivity index (χ0n) is 16.7. The Bertz CT molecular complexity index is 776. The predicted octanol–water partition coefficient (Wildman–Crippen LogP) is 3.79. The van der Waals surface area contributed by atoms with Gasteiger partial charge >= 0.3 is 0 Å². The van der Waals surface area contributed by atoms with Gasteiger partial charge in [-0.05, 0) is 43.4 Å².